The van der Waals surface area contributed by atoms with Crippen LogP contribution in [0, 0.1) is 12.8 Å². The molecule has 132 valence electrons. The van der Waals surface area contributed by atoms with Gasteiger partial charge in [0.25, 0.3) is 15.7 Å². The first-order valence-corrected chi connectivity index (χ1v) is 9.01. The number of benzene rings is 1. The maximum Gasteiger partial charge on any atom is 0.439 e. The molecule has 5 nitrogen and oxygen atoms in total. The van der Waals surface area contributed by atoms with E-state index < -0.39 is 27.8 Å². The van der Waals surface area contributed by atoms with Gasteiger partial charge in [-0.2, -0.15) is 26.7 Å². The topological polar surface area (TPSA) is 70.0 Å². The molecule has 9 heteroatoms. The summed E-state index contributed by atoms with van der Waals surface area (Å²) < 4.78 is 66.2. The summed E-state index contributed by atoms with van der Waals surface area (Å²) in [5, 5.41) is 14.1. The van der Waals surface area contributed by atoms with Crippen LogP contribution >= 0.6 is 0 Å². The van der Waals surface area contributed by atoms with E-state index in [0.29, 0.717) is 12.8 Å². The lowest BCUT2D eigenvalue weighted by atomic mass is 9.81. The van der Waals surface area contributed by atoms with Crippen molar-refractivity contribution in [1.29, 1.82) is 0 Å². The maximum atomic E-state index is 13.6. The van der Waals surface area contributed by atoms with Crippen LogP contribution in [-0.4, -0.2) is 35.6 Å². The number of halogens is 3. The van der Waals surface area contributed by atoms with Crippen molar-refractivity contribution in [1.82, 2.24) is 4.41 Å². The Morgan fingerprint density at radius 2 is 1.88 bits per heavy atom. The molecule has 2 aliphatic rings. The van der Waals surface area contributed by atoms with E-state index >= 15 is 0 Å². The molecule has 0 amide bonds. The minimum absolute atomic E-state index is 0.0504. The Kier molecular flexibility index (Phi) is 3.91. The predicted octanol–water partition coefficient (Wildman–Crippen LogP) is 2.80. The van der Waals surface area contributed by atoms with Crippen molar-refractivity contribution < 1.29 is 26.7 Å². The van der Waals surface area contributed by atoms with Crippen LogP contribution in [0.5, 0.6) is 0 Å². The highest BCUT2D eigenvalue weighted by Gasteiger charge is 2.69. The van der Waals surface area contributed by atoms with Crippen LogP contribution in [0.15, 0.2) is 34.3 Å². The van der Waals surface area contributed by atoms with Gasteiger partial charge in [-0.3, -0.25) is 0 Å². The van der Waals surface area contributed by atoms with E-state index in [9.17, 15) is 26.7 Å². The Labute approximate surface area is 137 Å². The second kappa shape index (κ2) is 5.45. The molecule has 1 aliphatic heterocycles. The molecule has 24 heavy (non-hydrogen) atoms. The second-order valence-corrected chi connectivity index (χ2v) is 7.94. The van der Waals surface area contributed by atoms with Crippen molar-refractivity contribution in [3.05, 3.63) is 29.8 Å². The first-order chi connectivity index (χ1) is 11.1. The van der Waals surface area contributed by atoms with E-state index in [0.717, 1.165) is 5.56 Å². The number of hydrogen-bond donors (Lipinski definition) is 1. The fourth-order valence-corrected chi connectivity index (χ4v) is 4.72. The lowest BCUT2D eigenvalue weighted by molar-refractivity contribution is -0.306. The lowest BCUT2D eigenvalue weighted by Gasteiger charge is -2.38. The zero-order chi connectivity index (χ0) is 17.8. The SMILES string of the molecule is Cc1ccc(S(=O)(=O)N2N=C3CCCC[C@H]3[C@]2(O)C(F)(F)F)cc1. The Balaban J connectivity index is 2.13. The number of sulfonamides is 1. The molecule has 3 rings (SSSR count). The third-order valence-corrected chi connectivity index (χ3v) is 6.22. The van der Waals surface area contributed by atoms with Gasteiger partial charge in [-0.25, -0.2) is 0 Å². The number of hydrogen-bond acceptors (Lipinski definition) is 4. The average molecular weight is 362 g/mol. The molecule has 1 saturated carbocycles. The van der Waals surface area contributed by atoms with Crippen molar-refractivity contribution in [3.8, 4) is 0 Å². The maximum absolute atomic E-state index is 13.6. The summed E-state index contributed by atoms with van der Waals surface area (Å²) in [6.07, 6.45) is -3.74. The Bertz CT molecular complexity index is 774. The highest BCUT2D eigenvalue weighted by Crippen LogP contribution is 2.49. The number of nitrogens with zero attached hydrogens (tertiary/aromatic N) is 2. The van der Waals surface area contributed by atoms with Gasteiger partial charge in [0.2, 0.25) is 0 Å². The van der Waals surface area contributed by atoms with E-state index in [1.165, 1.54) is 24.3 Å². The largest absolute Gasteiger partial charge is 0.439 e. The highest BCUT2D eigenvalue weighted by atomic mass is 32.2. The van der Waals surface area contributed by atoms with Crippen LogP contribution in [-0.2, 0) is 10.0 Å². The van der Waals surface area contributed by atoms with Crippen LogP contribution in [0.1, 0.15) is 31.2 Å². The van der Waals surface area contributed by atoms with Crippen molar-refractivity contribution in [3.63, 3.8) is 0 Å². The zero-order valence-electron chi connectivity index (χ0n) is 12.9. The molecular weight excluding hydrogens is 345 g/mol. The molecule has 0 spiro atoms. The molecule has 1 aromatic rings. The molecule has 1 N–H and O–H groups in total. The van der Waals surface area contributed by atoms with Crippen LogP contribution < -0.4 is 0 Å². The second-order valence-electron chi connectivity index (χ2n) is 6.17. The minimum Gasteiger partial charge on any atom is -0.361 e. The van der Waals surface area contributed by atoms with Crippen molar-refractivity contribution in [2.24, 2.45) is 11.0 Å². The fourth-order valence-electron chi connectivity index (χ4n) is 3.23. The molecule has 1 aliphatic carbocycles. The minimum atomic E-state index is -5.15. The number of hydrazone groups is 1. The highest BCUT2D eigenvalue weighted by molar-refractivity contribution is 7.89. The van der Waals surface area contributed by atoms with Crippen molar-refractivity contribution in [2.45, 2.75) is 49.4 Å². The summed E-state index contributed by atoms with van der Waals surface area (Å²) in [5.41, 5.74) is -2.68. The van der Waals surface area contributed by atoms with E-state index in [1.807, 2.05) is 0 Å². The Hall–Kier alpha value is -1.61. The summed E-state index contributed by atoms with van der Waals surface area (Å²) in [7, 11) is -4.63. The molecule has 0 unspecified atom stereocenters. The van der Waals surface area contributed by atoms with Crippen LogP contribution in [0.25, 0.3) is 0 Å². The van der Waals surface area contributed by atoms with Gasteiger partial charge in [0.15, 0.2) is 0 Å². The van der Waals surface area contributed by atoms with E-state index in [2.05, 4.69) is 5.10 Å². The fraction of sp³-hybridized carbons (Fsp3) is 0.533. The standard InChI is InChI=1S/C15H17F3N2O3S/c1-10-6-8-11(9-7-10)24(22,23)20-14(21,15(16,17)18)12-4-2-3-5-13(12)19-20/h6-9,12,21H,2-5H2,1H3/t12-,14+/m1/s1. The van der Waals surface area contributed by atoms with Gasteiger partial charge in [0.05, 0.1) is 10.8 Å². The molecule has 1 heterocycles. The van der Waals surface area contributed by atoms with Gasteiger partial charge >= 0.3 is 6.18 Å². The van der Waals surface area contributed by atoms with E-state index in [-0.39, 0.29) is 27.9 Å². The summed E-state index contributed by atoms with van der Waals surface area (Å²) in [4.78, 5) is -0.334. The average Bonchev–Trinajstić information content (AvgIpc) is 2.83. The van der Waals surface area contributed by atoms with Gasteiger partial charge in [-0.15, -0.1) is 4.41 Å². The van der Waals surface area contributed by atoms with Gasteiger partial charge in [0, 0.05) is 5.71 Å². The first kappa shape index (κ1) is 17.2. The number of aliphatic hydroxyl groups is 1. The number of aryl methyl sites for hydroxylation is 1. The molecule has 2 atom stereocenters. The summed E-state index contributed by atoms with van der Waals surface area (Å²) in [5.74, 6) is -1.36. The van der Waals surface area contributed by atoms with Crippen molar-refractivity contribution >= 4 is 15.7 Å². The third-order valence-electron chi connectivity index (χ3n) is 4.54. The van der Waals surface area contributed by atoms with Gasteiger partial charge in [0.1, 0.15) is 0 Å². The molecule has 1 aromatic carbocycles. The summed E-state index contributed by atoms with van der Waals surface area (Å²) in [6.45, 7) is 1.73. The molecule has 0 radical (unpaired) electrons. The smallest absolute Gasteiger partial charge is 0.361 e. The number of rotatable bonds is 2. The van der Waals surface area contributed by atoms with Gasteiger partial charge in [-0.05, 0) is 38.3 Å². The van der Waals surface area contributed by atoms with Crippen LogP contribution in [0.3, 0.4) is 0 Å². The Morgan fingerprint density at radius 3 is 2.46 bits per heavy atom. The van der Waals surface area contributed by atoms with Gasteiger partial charge < -0.3 is 5.11 Å². The normalized spacial score (nSPS) is 27.8. The van der Waals surface area contributed by atoms with E-state index in [1.54, 1.807) is 6.92 Å². The number of fused-ring (bicyclic) bond motifs is 1. The monoisotopic (exact) mass is 362 g/mol. The van der Waals surface area contributed by atoms with Crippen molar-refractivity contribution in [2.75, 3.05) is 0 Å². The van der Waals surface area contributed by atoms with Crippen LogP contribution in [0.2, 0.25) is 0 Å². The predicted molar refractivity (Wildman–Crippen MR) is 80.6 cm³/mol. The molecular formula is C15H17F3N2O3S. The molecule has 0 saturated heterocycles. The quantitative estimate of drug-likeness (QED) is 0.880. The summed E-state index contributed by atoms with van der Waals surface area (Å²) >= 11 is 0. The molecule has 0 bridgehead atoms. The van der Waals surface area contributed by atoms with Crippen LogP contribution in [0.4, 0.5) is 13.2 Å². The molecule has 0 aromatic heterocycles. The lowest BCUT2D eigenvalue weighted by Crippen LogP contribution is -2.61. The first-order valence-electron chi connectivity index (χ1n) is 7.57. The third kappa shape index (κ3) is 2.41. The Morgan fingerprint density at radius 1 is 1.25 bits per heavy atom. The summed E-state index contributed by atoms with van der Waals surface area (Å²) in [6, 6.07) is 5.39. The molecule has 1 fully saturated rings. The van der Waals surface area contributed by atoms with Gasteiger partial charge in [-0.1, -0.05) is 24.1 Å². The zero-order valence-corrected chi connectivity index (χ0v) is 13.7. The number of alkyl halides is 3. The van der Waals surface area contributed by atoms with E-state index in [4.69, 9.17) is 0 Å².